The molecule has 1 amide bonds. The number of hydrogen-bond donors (Lipinski definition) is 0. The quantitative estimate of drug-likeness (QED) is 0.659. The van der Waals surface area contributed by atoms with E-state index in [0.717, 1.165) is 23.4 Å². The Morgan fingerprint density at radius 2 is 1.93 bits per heavy atom. The number of ether oxygens (including phenoxy) is 2. The topological polar surface area (TPSA) is 77.4 Å². The Bertz CT molecular complexity index is 930. The Morgan fingerprint density at radius 3 is 2.68 bits per heavy atom. The standard InChI is InChI=1S/C20H20N4O3S/c1-26-17-9-10-18(23-22-17)27-15-8-5-11-24(12-15)20(25)16-13-28-19(21-16)14-6-3-2-4-7-14/h2-4,6-7,9-10,13,15H,5,8,11-12H2,1H3. The third-order valence-electron chi connectivity index (χ3n) is 4.52. The van der Waals surface area contributed by atoms with Crippen LogP contribution in [0.5, 0.6) is 11.8 Å². The first-order chi connectivity index (χ1) is 13.7. The number of carbonyl (C=O) groups is 1. The summed E-state index contributed by atoms with van der Waals surface area (Å²) in [4.78, 5) is 19.2. The molecule has 3 heterocycles. The number of likely N-dealkylation sites (tertiary alicyclic amines) is 1. The van der Waals surface area contributed by atoms with E-state index in [1.807, 2.05) is 35.7 Å². The van der Waals surface area contributed by atoms with E-state index >= 15 is 0 Å². The van der Waals surface area contributed by atoms with Crippen molar-refractivity contribution >= 4 is 17.2 Å². The van der Waals surface area contributed by atoms with Crippen molar-refractivity contribution in [1.29, 1.82) is 0 Å². The van der Waals surface area contributed by atoms with Gasteiger partial charge < -0.3 is 14.4 Å². The Morgan fingerprint density at radius 1 is 1.14 bits per heavy atom. The molecule has 0 spiro atoms. The predicted octanol–water partition coefficient (Wildman–Crippen LogP) is 3.29. The molecule has 1 aromatic carbocycles. The third kappa shape index (κ3) is 4.12. The number of benzene rings is 1. The lowest BCUT2D eigenvalue weighted by Crippen LogP contribution is -2.44. The van der Waals surface area contributed by atoms with Gasteiger partial charge in [-0.1, -0.05) is 30.3 Å². The first-order valence-electron chi connectivity index (χ1n) is 9.07. The number of aromatic nitrogens is 3. The fourth-order valence-corrected chi connectivity index (χ4v) is 3.92. The number of nitrogens with zero attached hydrogens (tertiary/aromatic N) is 4. The number of hydrogen-bond acceptors (Lipinski definition) is 7. The molecule has 2 aromatic heterocycles. The molecule has 1 aliphatic heterocycles. The van der Waals surface area contributed by atoms with Crippen LogP contribution in [0.25, 0.3) is 10.6 Å². The number of carbonyl (C=O) groups excluding carboxylic acids is 1. The fraction of sp³-hybridized carbons (Fsp3) is 0.300. The minimum Gasteiger partial charge on any atom is -0.480 e. The minimum absolute atomic E-state index is 0.0625. The average molecular weight is 396 g/mol. The van der Waals surface area contributed by atoms with Gasteiger partial charge in [-0.05, 0) is 12.8 Å². The summed E-state index contributed by atoms with van der Waals surface area (Å²) in [6.45, 7) is 1.20. The number of rotatable bonds is 5. The van der Waals surface area contributed by atoms with E-state index in [1.165, 1.54) is 18.4 Å². The number of thiazole rings is 1. The van der Waals surface area contributed by atoms with E-state index in [1.54, 1.807) is 17.0 Å². The van der Waals surface area contributed by atoms with Crippen molar-refractivity contribution in [3.05, 3.63) is 53.5 Å². The van der Waals surface area contributed by atoms with E-state index < -0.39 is 0 Å². The lowest BCUT2D eigenvalue weighted by Gasteiger charge is -2.32. The summed E-state index contributed by atoms with van der Waals surface area (Å²) < 4.78 is 10.9. The van der Waals surface area contributed by atoms with Gasteiger partial charge in [0, 0.05) is 29.6 Å². The first kappa shape index (κ1) is 18.4. The fourth-order valence-electron chi connectivity index (χ4n) is 3.12. The Balaban J connectivity index is 1.41. The van der Waals surface area contributed by atoms with E-state index in [2.05, 4.69) is 15.2 Å². The van der Waals surface area contributed by atoms with E-state index in [-0.39, 0.29) is 12.0 Å². The SMILES string of the molecule is COc1ccc(OC2CCCN(C(=O)c3csc(-c4ccccc4)n3)C2)nn1. The van der Waals surface area contributed by atoms with Crippen LogP contribution in [0.3, 0.4) is 0 Å². The summed E-state index contributed by atoms with van der Waals surface area (Å²) in [5.74, 6) is 0.804. The summed E-state index contributed by atoms with van der Waals surface area (Å²) >= 11 is 1.48. The van der Waals surface area contributed by atoms with Crippen LogP contribution in [0.15, 0.2) is 47.8 Å². The maximum Gasteiger partial charge on any atom is 0.273 e. The molecule has 1 aliphatic rings. The normalized spacial score (nSPS) is 16.6. The van der Waals surface area contributed by atoms with E-state index in [0.29, 0.717) is 30.5 Å². The van der Waals surface area contributed by atoms with Crippen molar-refractivity contribution in [2.45, 2.75) is 18.9 Å². The van der Waals surface area contributed by atoms with Gasteiger partial charge in [0.05, 0.1) is 13.7 Å². The molecule has 4 rings (SSSR count). The van der Waals surface area contributed by atoms with Gasteiger partial charge in [-0.25, -0.2) is 4.98 Å². The minimum atomic E-state index is -0.118. The van der Waals surface area contributed by atoms with Crippen LogP contribution in [-0.2, 0) is 0 Å². The third-order valence-corrected chi connectivity index (χ3v) is 5.41. The predicted molar refractivity (Wildman–Crippen MR) is 106 cm³/mol. The molecular formula is C20H20N4O3S. The van der Waals surface area contributed by atoms with Gasteiger partial charge in [0.2, 0.25) is 11.8 Å². The summed E-state index contributed by atoms with van der Waals surface area (Å²) in [5.41, 5.74) is 1.50. The Labute approximate surface area is 167 Å². The van der Waals surface area contributed by atoms with Gasteiger partial charge in [-0.3, -0.25) is 4.79 Å². The number of amides is 1. The molecule has 7 nitrogen and oxygen atoms in total. The van der Waals surface area contributed by atoms with Crippen LogP contribution in [0, 0.1) is 0 Å². The molecule has 0 aliphatic carbocycles. The second-order valence-corrected chi connectivity index (χ2v) is 7.31. The first-order valence-corrected chi connectivity index (χ1v) is 9.95. The highest BCUT2D eigenvalue weighted by Crippen LogP contribution is 2.25. The van der Waals surface area contributed by atoms with Crippen LogP contribution in [0.2, 0.25) is 0 Å². The molecule has 0 radical (unpaired) electrons. The molecule has 3 aromatic rings. The monoisotopic (exact) mass is 396 g/mol. The van der Waals surface area contributed by atoms with Gasteiger partial charge in [0.1, 0.15) is 16.8 Å². The molecule has 0 bridgehead atoms. The average Bonchev–Trinajstić information content (AvgIpc) is 3.25. The van der Waals surface area contributed by atoms with Gasteiger partial charge in [0.15, 0.2) is 0 Å². The molecule has 0 saturated carbocycles. The second kappa shape index (κ2) is 8.35. The van der Waals surface area contributed by atoms with E-state index in [4.69, 9.17) is 9.47 Å². The highest BCUT2D eigenvalue weighted by Gasteiger charge is 2.27. The summed E-state index contributed by atoms with van der Waals surface area (Å²) in [5, 5.41) is 10.6. The maximum atomic E-state index is 12.9. The molecule has 28 heavy (non-hydrogen) atoms. The highest BCUT2D eigenvalue weighted by atomic mass is 32.1. The molecule has 8 heteroatoms. The number of methoxy groups -OCH3 is 1. The zero-order valence-electron chi connectivity index (χ0n) is 15.4. The van der Waals surface area contributed by atoms with Crippen molar-refractivity contribution in [2.75, 3.05) is 20.2 Å². The van der Waals surface area contributed by atoms with Gasteiger partial charge >= 0.3 is 0 Å². The van der Waals surface area contributed by atoms with Crippen molar-refractivity contribution in [2.24, 2.45) is 0 Å². The molecule has 144 valence electrons. The van der Waals surface area contributed by atoms with Crippen LogP contribution in [0.1, 0.15) is 23.3 Å². The second-order valence-electron chi connectivity index (χ2n) is 6.45. The summed E-state index contributed by atoms with van der Waals surface area (Å²) in [7, 11) is 1.54. The van der Waals surface area contributed by atoms with E-state index in [9.17, 15) is 4.79 Å². The summed E-state index contributed by atoms with van der Waals surface area (Å²) in [6, 6.07) is 13.3. The molecule has 0 N–H and O–H groups in total. The van der Waals surface area contributed by atoms with Crippen molar-refractivity contribution < 1.29 is 14.3 Å². The molecule has 1 atom stereocenters. The van der Waals surface area contributed by atoms with Crippen molar-refractivity contribution in [1.82, 2.24) is 20.1 Å². The lowest BCUT2D eigenvalue weighted by molar-refractivity contribution is 0.0521. The number of piperidine rings is 1. The zero-order valence-corrected chi connectivity index (χ0v) is 16.3. The summed E-state index contributed by atoms with van der Waals surface area (Å²) in [6.07, 6.45) is 1.62. The van der Waals surface area contributed by atoms with Crippen molar-refractivity contribution in [3.63, 3.8) is 0 Å². The lowest BCUT2D eigenvalue weighted by atomic mass is 10.1. The van der Waals surface area contributed by atoms with Gasteiger partial charge in [-0.2, -0.15) is 0 Å². The van der Waals surface area contributed by atoms with Crippen LogP contribution < -0.4 is 9.47 Å². The van der Waals surface area contributed by atoms with Crippen LogP contribution >= 0.6 is 11.3 Å². The Kier molecular flexibility index (Phi) is 5.48. The largest absolute Gasteiger partial charge is 0.480 e. The molecule has 1 saturated heterocycles. The van der Waals surface area contributed by atoms with Gasteiger partial charge in [0.25, 0.3) is 5.91 Å². The van der Waals surface area contributed by atoms with Crippen molar-refractivity contribution in [3.8, 4) is 22.3 Å². The Hall–Kier alpha value is -3.00. The molecule has 1 fully saturated rings. The van der Waals surface area contributed by atoms with Crippen LogP contribution in [0.4, 0.5) is 0 Å². The molecular weight excluding hydrogens is 376 g/mol. The smallest absolute Gasteiger partial charge is 0.273 e. The maximum absolute atomic E-state index is 12.9. The highest BCUT2D eigenvalue weighted by molar-refractivity contribution is 7.13. The molecule has 1 unspecified atom stereocenters. The van der Waals surface area contributed by atoms with Gasteiger partial charge in [-0.15, -0.1) is 21.5 Å². The van der Waals surface area contributed by atoms with Crippen LogP contribution in [-0.4, -0.2) is 52.3 Å². The zero-order chi connectivity index (χ0) is 19.3.